The zero-order valence-electron chi connectivity index (χ0n) is 9.29. The fourth-order valence-electron chi connectivity index (χ4n) is 1.42. The molecule has 1 aromatic heterocycles. The molecule has 1 unspecified atom stereocenters. The molecule has 1 aromatic rings. The van der Waals surface area contributed by atoms with Crippen molar-refractivity contribution in [2.75, 3.05) is 6.61 Å². The highest BCUT2D eigenvalue weighted by Crippen LogP contribution is 2.31. The molecule has 0 amide bonds. The molecule has 0 saturated heterocycles. The summed E-state index contributed by atoms with van der Waals surface area (Å²) in [4.78, 5) is 0. The Hall–Kier alpha value is -0.340. The van der Waals surface area contributed by atoms with Crippen LogP contribution in [0.15, 0.2) is 16.8 Å². The number of thiophene rings is 1. The van der Waals surface area contributed by atoms with Crippen LogP contribution >= 0.6 is 11.3 Å². The molecule has 0 spiro atoms. The molecular formula is C12H20OS. The maximum Gasteiger partial charge on any atom is 0.0487 e. The Morgan fingerprint density at radius 3 is 2.64 bits per heavy atom. The fraction of sp³-hybridized carbons (Fsp3) is 0.667. The normalized spacial score (nSPS) is 15.8. The monoisotopic (exact) mass is 212 g/mol. The summed E-state index contributed by atoms with van der Waals surface area (Å²) >= 11 is 1.74. The minimum Gasteiger partial charge on any atom is -0.396 e. The first kappa shape index (κ1) is 11.7. The van der Waals surface area contributed by atoms with Gasteiger partial charge in [-0.3, -0.25) is 0 Å². The summed E-state index contributed by atoms with van der Waals surface area (Å²) in [6.45, 7) is 6.83. The Balaban J connectivity index is 2.50. The van der Waals surface area contributed by atoms with Crippen LogP contribution < -0.4 is 0 Å². The molecule has 14 heavy (non-hydrogen) atoms. The lowest BCUT2D eigenvalue weighted by atomic mass is 9.76. The summed E-state index contributed by atoms with van der Waals surface area (Å²) in [5.41, 5.74) is 1.47. The molecule has 1 nitrogen and oxygen atoms in total. The van der Waals surface area contributed by atoms with Gasteiger partial charge in [0.1, 0.15) is 0 Å². The van der Waals surface area contributed by atoms with Crippen molar-refractivity contribution in [3.05, 3.63) is 22.4 Å². The summed E-state index contributed by atoms with van der Waals surface area (Å²) in [6.07, 6.45) is 2.15. The quantitative estimate of drug-likeness (QED) is 0.793. The number of aliphatic hydroxyl groups excluding tert-OH is 1. The lowest BCUT2D eigenvalue weighted by Crippen LogP contribution is -2.28. The molecule has 0 fully saturated rings. The molecule has 0 aliphatic carbocycles. The van der Waals surface area contributed by atoms with E-state index in [0.29, 0.717) is 5.92 Å². The molecule has 1 heterocycles. The Morgan fingerprint density at radius 2 is 2.21 bits per heavy atom. The average Bonchev–Trinajstić information content (AvgIpc) is 2.66. The van der Waals surface area contributed by atoms with Crippen LogP contribution in [0.5, 0.6) is 0 Å². The molecule has 0 bridgehead atoms. The van der Waals surface area contributed by atoms with Crippen molar-refractivity contribution in [1.29, 1.82) is 0 Å². The second-order valence-corrected chi connectivity index (χ2v) is 5.38. The predicted molar refractivity (Wildman–Crippen MR) is 62.7 cm³/mol. The van der Waals surface area contributed by atoms with Crippen LogP contribution in [-0.4, -0.2) is 11.7 Å². The number of hydrogen-bond acceptors (Lipinski definition) is 2. The van der Waals surface area contributed by atoms with Crippen molar-refractivity contribution in [1.82, 2.24) is 0 Å². The average molecular weight is 212 g/mol. The van der Waals surface area contributed by atoms with Crippen LogP contribution in [0.2, 0.25) is 0 Å². The second kappa shape index (κ2) is 4.94. The Labute approximate surface area is 90.8 Å². The first-order chi connectivity index (χ1) is 6.58. The Morgan fingerprint density at radius 1 is 1.50 bits per heavy atom. The lowest BCUT2D eigenvalue weighted by Gasteiger charge is -2.31. The zero-order valence-corrected chi connectivity index (χ0v) is 10.1. The van der Waals surface area contributed by atoms with E-state index in [-0.39, 0.29) is 12.0 Å². The van der Waals surface area contributed by atoms with E-state index in [1.165, 1.54) is 5.56 Å². The molecule has 0 aromatic carbocycles. The van der Waals surface area contributed by atoms with Crippen LogP contribution in [0.25, 0.3) is 0 Å². The summed E-state index contributed by atoms with van der Waals surface area (Å²) < 4.78 is 0. The van der Waals surface area contributed by atoms with E-state index in [4.69, 9.17) is 0 Å². The maximum absolute atomic E-state index is 9.39. The molecule has 1 N–H and O–H groups in total. The molecule has 0 saturated carbocycles. The Kier molecular flexibility index (Phi) is 4.14. The number of aryl methyl sites for hydroxylation is 1. The van der Waals surface area contributed by atoms with Crippen molar-refractivity contribution >= 4 is 11.3 Å². The van der Waals surface area contributed by atoms with E-state index in [1.54, 1.807) is 11.3 Å². The smallest absolute Gasteiger partial charge is 0.0487 e. The summed E-state index contributed by atoms with van der Waals surface area (Å²) in [6, 6.07) is 2.17. The van der Waals surface area contributed by atoms with E-state index in [9.17, 15) is 5.11 Å². The molecule has 2 heteroatoms. The van der Waals surface area contributed by atoms with Crippen LogP contribution in [0.3, 0.4) is 0 Å². The van der Waals surface area contributed by atoms with Gasteiger partial charge in [-0.2, -0.15) is 11.3 Å². The van der Waals surface area contributed by atoms with Crippen molar-refractivity contribution < 1.29 is 5.11 Å². The van der Waals surface area contributed by atoms with Crippen LogP contribution in [-0.2, 0) is 6.42 Å². The first-order valence-corrected chi connectivity index (χ1v) is 6.15. The third-order valence-corrected chi connectivity index (χ3v) is 4.05. The van der Waals surface area contributed by atoms with E-state index >= 15 is 0 Å². The van der Waals surface area contributed by atoms with Gasteiger partial charge in [0.25, 0.3) is 0 Å². The molecule has 80 valence electrons. The SMILES string of the molecule is CC(C)C(C)(CO)CCc1ccsc1. The van der Waals surface area contributed by atoms with Crippen molar-refractivity contribution in [3.63, 3.8) is 0 Å². The highest BCUT2D eigenvalue weighted by atomic mass is 32.1. The standard InChI is InChI=1S/C12H20OS/c1-10(2)12(3,9-13)6-4-11-5-7-14-8-11/h5,7-8,10,13H,4,6,9H2,1-3H3. The Bertz CT molecular complexity index is 253. The molecular weight excluding hydrogens is 192 g/mol. The minimum atomic E-state index is 0.0714. The van der Waals surface area contributed by atoms with Crippen molar-refractivity contribution in [2.45, 2.75) is 33.6 Å². The lowest BCUT2D eigenvalue weighted by molar-refractivity contribution is 0.0858. The molecule has 0 aliphatic heterocycles. The summed E-state index contributed by atoms with van der Waals surface area (Å²) in [5.74, 6) is 0.533. The van der Waals surface area contributed by atoms with E-state index in [0.717, 1.165) is 12.8 Å². The molecule has 1 atom stereocenters. The maximum atomic E-state index is 9.39. The summed E-state index contributed by atoms with van der Waals surface area (Å²) in [7, 11) is 0. The molecule has 0 aliphatic rings. The van der Waals surface area contributed by atoms with Crippen LogP contribution in [0, 0.1) is 11.3 Å². The van der Waals surface area contributed by atoms with Gasteiger partial charge in [-0.1, -0.05) is 20.8 Å². The van der Waals surface area contributed by atoms with Gasteiger partial charge in [-0.15, -0.1) is 0 Å². The second-order valence-electron chi connectivity index (χ2n) is 4.60. The topological polar surface area (TPSA) is 20.2 Å². The van der Waals surface area contributed by atoms with Crippen LogP contribution in [0.1, 0.15) is 32.8 Å². The number of aliphatic hydroxyl groups is 1. The molecule has 0 radical (unpaired) electrons. The zero-order chi connectivity index (χ0) is 10.6. The number of hydrogen-bond donors (Lipinski definition) is 1. The van der Waals surface area contributed by atoms with Crippen LogP contribution in [0.4, 0.5) is 0 Å². The van der Waals surface area contributed by atoms with Crippen molar-refractivity contribution in [2.24, 2.45) is 11.3 Å². The molecule has 1 rings (SSSR count). The predicted octanol–water partition coefficient (Wildman–Crippen LogP) is 3.34. The minimum absolute atomic E-state index is 0.0714. The van der Waals surface area contributed by atoms with Gasteiger partial charge in [-0.05, 0) is 46.6 Å². The highest BCUT2D eigenvalue weighted by Gasteiger charge is 2.26. The van der Waals surface area contributed by atoms with Crippen molar-refractivity contribution in [3.8, 4) is 0 Å². The first-order valence-electron chi connectivity index (χ1n) is 5.20. The summed E-state index contributed by atoms with van der Waals surface area (Å²) in [5, 5.41) is 13.7. The van der Waals surface area contributed by atoms with Gasteiger partial charge in [-0.25, -0.2) is 0 Å². The van der Waals surface area contributed by atoms with E-state index in [1.807, 2.05) is 0 Å². The van der Waals surface area contributed by atoms with Gasteiger partial charge in [0.2, 0.25) is 0 Å². The third-order valence-electron chi connectivity index (χ3n) is 3.32. The highest BCUT2D eigenvalue weighted by molar-refractivity contribution is 7.07. The third kappa shape index (κ3) is 2.82. The van der Waals surface area contributed by atoms with E-state index in [2.05, 4.69) is 37.6 Å². The fourth-order valence-corrected chi connectivity index (χ4v) is 2.12. The largest absolute Gasteiger partial charge is 0.396 e. The van der Waals surface area contributed by atoms with E-state index < -0.39 is 0 Å². The van der Waals surface area contributed by atoms with Gasteiger partial charge in [0.05, 0.1) is 0 Å². The van der Waals surface area contributed by atoms with Gasteiger partial charge < -0.3 is 5.11 Å². The van der Waals surface area contributed by atoms with Gasteiger partial charge in [0, 0.05) is 6.61 Å². The van der Waals surface area contributed by atoms with Gasteiger partial charge in [0.15, 0.2) is 0 Å². The van der Waals surface area contributed by atoms with Gasteiger partial charge >= 0.3 is 0 Å². The number of rotatable bonds is 5.